The van der Waals surface area contributed by atoms with Crippen LogP contribution in [0.4, 0.5) is 5.82 Å². The summed E-state index contributed by atoms with van der Waals surface area (Å²) in [5.41, 5.74) is 3.27. The van der Waals surface area contributed by atoms with E-state index in [1.165, 1.54) is 4.90 Å². The maximum Gasteiger partial charge on any atom is 0.226 e. The van der Waals surface area contributed by atoms with E-state index in [9.17, 15) is 4.79 Å². The molecule has 1 atom stereocenters. The summed E-state index contributed by atoms with van der Waals surface area (Å²) in [6, 6.07) is 12.3. The number of anilines is 1. The first-order chi connectivity index (χ1) is 12.2. The van der Waals surface area contributed by atoms with Crippen LogP contribution in [0.25, 0.3) is 0 Å². The van der Waals surface area contributed by atoms with E-state index >= 15 is 0 Å². The van der Waals surface area contributed by atoms with Gasteiger partial charge in [0, 0.05) is 35.2 Å². The lowest BCUT2D eigenvalue weighted by atomic mass is 9.87. The molecule has 3 heterocycles. The lowest BCUT2D eigenvalue weighted by Gasteiger charge is -2.24. The van der Waals surface area contributed by atoms with Crippen LogP contribution in [0.3, 0.4) is 0 Å². The van der Waals surface area contributed by atoms with Crippen molar-refractivity contribution in [3.8, 4) is 0 Å². The quantitative estimate of drug-likeness (QED) is 0.732. The standard InChI is InChI=1S/C19H18N4OS/c1-25-15-6-4-14(5-7-15)16-9-18(24)22-19-17(16)11-21-23(19)12-13-3-2-8-20-10-13/h2-8,10-11,16H,9,12H2,1H3,(H,22,24). The van der Waals surface area contributed by atoms with Crippen molar-refractivity contribution >= 4 is 23.5 Å². The number of aromatic nitrogens is 3. The zero-order chi connectivity index (χ0) is 17.2. The minimum Gasteiger partial charge on any atom is -0.311 e. The Morgan fingerprint density at radius 1 is 1.24 bits per heavy atom. The van der Waals surface area contributed by atoms with Crippen molar-refractivity contribution in [3.63, 3.8) is 0 Å². The fraction of sp³-hybridized carbons (Fsp3) is 0.211. The predicted molar refractivity (Wildman–Crippen MR) is 98.9 cm³/mol. The number of fused-ring (bicyclic) bond motifs is 1. The lowest BCUT2D eigenvalue weighted by Crippen LogP contribution is -2.25. The summed E-state index contributed by atoms with van der Waals surface area (Å²) in [5, 5.41) is 7.50. The number of hydrogen-bond donors (Lipinski definition) is 1. The Labute approximate surface area is 150 Å². The number of nitrogens with zero attached hydrogens (tertiary/aromatic N) is 3. The first kappa shape index (κ1) is 15.9. The molecule has 1 amide bonds. The van der Waals surface area contributed by atoms with E-state index in [0.29, 0.717) is 13.0 Å². The summed E-state index contributed by atoms with van der Waals surface area (Å²) >= 11 is 1.71. The molecule has 0 bridgehead atoms. The minimum atomic E-state index is 0.0272. The van der Waals surface area contributed by atoms with E-state index in [4.69, 9.17) is 0 Å². The molecule has 2 aromatic heterocycles. The molecule has 1 aromatic carbocycles. The van der Waals surface area contributed by atoms with Crippen LogP contribution in [0, 0.1) is 0 Å². The maximum atomic E-state index is 12.3. The van der Waals surface area contributed by atoms with Crippen LogP contribution in [0.5, 0.6) is 0 Å². The fourth-order valence-corrected chi connectivity index (χ4v) is 3.60. The Morgan fingerprint density at radius 3 is 2.80 bits per heavy atom. The molecule has 1 aliphatic rings. The number of carbonyl (C=O) groups is 1. The number of benzene rings is 1. The third-order valence-electron chi connectivity index (χ3n) is 4.46. The second-order valence-electron chi connectivity index (χ2n) is 6.05. The molecule has 0 saturated carbocycles. The monoisotopic (exact) mass is 350 g/mol. The van der Waals surface area contributed by atoms with Gasteiger partial charge in [0.05, 0.1) is 12.7 Å². The summed E-state index contributed by atoms with van der Waals surface area (Å²) in [6.07, 6.45) is 7.95. The predicted octanol–water partition coefficient (Wildman–Crippen LogP) is 3.52. The van der Waals surface area contributed by atoms with Crippen molar-refractivity contribution in [2.24, 2.45) is 0 Å². The molecular formula is C19H18N4OS. The first-order valence-electron chi connectivity index (χ1n) is 8.13. The topological polar surface area (TPSA) is 59.8 Å². The van der Waals surface area contributed by atoms with Gasteiger partial charge in [-0.15, -0.1) is 11.8 Å². The van der Waals surface area contributed by atoms with Gasteiger partial charge < -0.3 is 5.32 Å². The van der Waals surface area contributed by atoms with Crippen molar-refractivity contribution in [1.29, 1.82) is 0 Å². The van der Waals surface area contributed by atoms with Crippen molar-refractivity contribution < 1.29 is 4.79 Å². The number of thioether (sulfide) groups is 1. The van der Waals surface area contributed by atoms with Crippen molar-refractivity contribution in [2.45, 2.75) is 23.8 Å². The second kappa shape index (κ2) is 6.72. The number of pyridine rings is 1. The molecule has 1 unspecified atom stereocenters. The molecule has 1 aliphatic heterocycles. The van der Waals surface area contributed by atoms with Crippen LogP contribution in [0.2, 0.25) is 0 Å². The van der Waals surface area contributed by atoms with Gasteiger partial charge in [-0.1, -0.05) is 18.2 Å². The normalized spacial score (nSPS) is 16.4. The number of carbonyl (C=O) groups excluding carboxylic acids is 1. The highest BCUT2D eigenvalue weighted by molar-refractivity contribution is 7.98. The third kappa shape index (κ3) is 3.17. The fourth-order valence-electron chi connectivity index (χ4n) is 3.19. The van der Waals surface area contributed by atoms with E-state index in [1.807, 2.05) is 29.2 Å². The zero-order valence-corrected chi connectivity index (χ0v) is 14.7. The largest absolute Gasteiger partial charge is 0.311 e. The zero-order valence-electron chi connectivity index (χ0n) is 13.8. The van der Waals surface area contributed by atoms with Gasteiger partial charge in [-0.25, -0.2) is 4.68 Å². The smallest absolute Gasteiger partial charge is 0.226 e. The van der Waals surface area contributed by atoms with Crippen LogP contribution in [0.15, 0.2) is 59.9 Å². The molecule has 1 N–H and O–H groups in total. The van der Waals surface area contributed by atoms with Gasteiger partial charge in [0.1, 0.15) is 5.82 Å². The van der Waals surface area contributed by atoms with E-state index < -0.39 is 0 Å². The van der Waals surface area contributed by atoms with E-state index in [0.717, 1.165) is 22.5 Å². The Kier molecular flexibility index (Phi) is 4.28. The van der Waals surface area contributed by atoms with Crippen molar-refractivity contribution in [2.75, 3.05) is 11.6 Å². The van der Waals surface area contributed by atoms with Gasteiger partial charge in [-0.3, -0.25) is 9.78 Å². The van der Waals surface area contributed by atoms with Gasteiger partial charge in [0.2, 0.25) is 5.91 Å². The number of rotatable bonds is 4. The molecule has 5 nitrogen and oxygen atoms in total. The molecule has 126 valence electrons. The highest BCUT2D eigenvalue weighted by Gasteiger charge is 2.29. The molecule has 0 aliphatic carbocycles. The van der Waals surface area contributed by atoms with Crippen LogP contribution >= 0.6 is 11.8 Å². The molecule has 6 heteroatoms. The Balaban J connectivity index is 1.68. The van der Waals surface area contributed by atoms with Gasteiger partial charge in [0.15, 0.2) is 0 Å². The van der Waals surface area contributed by atoms with Gasteiger partial charge in [-0.05, 0) is 35.6 Å². The second-order valence-corrected chi connectivity index (χ2v) is 6.93. The molecule has 25 heavy (non-hydrogen) atoms. The molecular weight excluding hydrogens is 332 g/mol. The summed E-state index contributed by atoms with van der Waals surface area (Å²) in [4.78, 5) is 17.6. The molecule has 4 rings (SSSR count). The third-order valence-corrected chi connectivity index (χ3v) is 5.21. The highest BCUT2D eigenvalue weighted by atomic mass is 32.2. The summed E-state index contributed by atoms with van der Waals surface area (Å²) in [7, 11) is 0. The number of amides is 1. The SMILES string of the molecule is CSc1ccc(C2CC(=O)Nc3c2cnn3Cc2cccnc2)cc1. The Hall–Kier alpha value is -2.60. The van der Waals surface area contributed by atoms with Gasteiger partial charge >= 0.3 is 0 Å². The average Bonchev–Trinajstić information content (AvgIpc) is 3.04. The van der Waals surface area contributed by atoms with E-state index in [1.54, 1.807) is 18.0 Å². The van der Waals surface area contributed by atoms with Crippen LogP contribution in [-0.4, -0.2) is 26.9 Å². The molecule has 0 fully saturated rings. The molecule has 3 aromatic rings. The van der Waals surface area contributed by atoms with E-state index in [-0.39, 0.29) is 11.8 Å². The van der Waals surface area contributed by atoms with Gasteiger partial charge in [-0.2, -0.15) is 5.10 Å². The molecule has 0 saturated heterocycles. The summed E-state index contributed by atoms with van der Waals surface area (Å²) in [6.45, 7) is 0.585. The first-order valence-corrected chi connectivity index (χ1v) is 9.35. The van der Waals surface area contributed by atoms with Crippen LogP contribution in [-0.2, 0) is 11.3 Å². The Bertz CT molecular complexity index is 890. The maximum absolute atomic E-state index is 12.3. The van der Waals surface area contributed by atoms with Crippen LogP contribution in [0.1, 0.15) is 29.0 Å². The minimum absolute atomic E-state index is 0.0272. The average molecular weight is 350 g/mol. The van der Waals surface area contributed by atoms with E-state index in [2.05, 4.69) is 45.9 Å². The Morgan fingerprint density at radius 2 is 2.08 bits per heavy atom. The highest BCUT2D eigenvalue weighted by Crippen LogP contribution is 2.37. The number of nitrogens with one attached hydrogen (secondary N) is 1. The summed E-state index contributed by atoms with van der Waals surface area (Å²) < 4.78 is 1.84. The van der Waals surface area contributed by atoms with Gasteiger partial charge in [0.25, 0.3) is 0 Å². The van der Waals surface area contributed by atoms with Crippen molar-refractivity contribution in [1.82, 2.24) is 14.8 Å². The molecule has 0 radical (unpaired) electrons. The van der Waals surface area contributed by atoms with Crippen LogP contribution < -0.4 is 5.32 Å². The molecule has 0 spiro atoms. The number of hydrogen-bond acceptors (Lipinski definition) is 4. The van der Waals surface area contributed by atoms with Crippen molar-refractivity contribution in [3.05, 3.63) is 71.7 Å². The summed E-state index contributed by atoms with van der Waals surface area (Å²) in [5.74, 6) is 0.862. The lowest BCUT2D eigenvalue weighted by molar-refractivity contribution is -0.116.